The largest absolute Gasteiger partial charge is 0.380 e. The first-order chi connectivity index (χ1) is 5.27. The standard InChI is InChI=1S/C8H16FNO/c1-10-7-5-6(9)3-4-8(7)11-2/h6-8,10H,3-5H2,1-2H3. The molecule has 66 valence electrons. The third-order valence-electron chi connectivity index (χ3n) is 2.40. The number of rotatable bonds is 2. The first kappa shape index (κ1) is 8.94. The van der Waals surface area contributed by atoms with E-state index in [-0.39, 0.29) is 12.1 Å². The summed E-state index contributed by atoms with van der Waals surface area (Å²) in [5.74, 6) is 0. The average Bonchev–Trinajstić information content (AvgIpc) is 2.04. The summed E-state index contributed by atoms with van der Waals surface area (Å²) in [7, 11) is 3.54. The molecule has 3 unspecified atom stereocenters. The highest BCUT2D eigenvalue weighted by molar-refractivity contribution is 4.84. The van der Waals surface area contributed by atoms with Crippen molar-refractivity contribution >= 4 is 0 Å². The molecule has 1 rings (SSSR count). The summed E-state index contributed by atoms with van der Waals surface area (Å²) in [6.07, 6.45) is 1.64. The van der Waals surface area contributed by atoms with Crippen molar-refractivity contribution in [1.82, 2.24) is 5.32 Å². The summed E-state index contributed by atoms with van der Waals surface area (Å²) in [5, 5.41) is 3.07. The lowest BCUT2D eigenvalue weighted by Gasteiger charge is -2.31. The Morgan fingerprint density at radius 1 is 1.45 bits per heavy atom. The van der Waals surface area contributed by atoms with Crippen molar-refractivity contribution in [3.63, 3.8) is 0 Å². The van der Waals surface area contributed by atoms with Crippen molar-refractivity contribution in [3.8, 4) is 0 Å². The average molecular weight is 161 g/mol. The van der Waals surface area contributed by atoms with E-state index in [2.05, 4.69) is 5.32 Å². The van der Waals surface area contributed by atoms with E-state index >= 15 is 0 Å². The van der Waals surface area contributed by atoms with E-state index in [1.54, 1.807) is 7.11 Å². The van der Waals surface area contributed by atoms with E-state index < -0.39 is 6.17 Å². The normalized spacial score (nSPS) is 39.0. The second-order valence-electron chi connectivity index (χ2n) is 3.08. The predicted molar refractivity (Wildman–Crippen MR) is 42.4 cm³/mol. The van der Waals surface area contributed by atoms with Gasteiger partial charge >= 0.3 is 0 Å². The van der Waals surface area contributed by atoms with Gasteiger partial charge in [-0.3, -0.25) is 0 Å². The first-order valence-corrected chi connectivity index (χ1v) is 4.12. The second-order valence-corrected chi connectivity index (χ2v) is 3.08. The highest BCUT2D eigenvalue weighted by Crippen LogP contribution is 2.23. The molecular formula is C8H16FNO. The molecule has 0 aromatic rings. The molecule has 1 fully saturated rings. The van der Waals surface area contributed by atoms with Gasteiger partial charge in [0.2, 0.25) is 0 Å². The van der Waals surface area contributed by atoms with Gasteiger partial charge in [-0.25, -0.2) is 4.39 Å². The van der Waals surface area contributed by atoms with Crippen LogP contribution in [0.1, 0.15) is 19.3 Å². The van der Waals surface area contributed by atoms with E-state index in [9.17, 15) is 4.39 Å². The highest BCUT2D eigenvalue weighted by atomic mass is 19.1. The Morgan fingerprint density at radius 2 is 2.18 bits per heavy atom. The topological polar surface area (TPSA) is 21.3 Å². The highest BCUT2D eigenvalue weighted by Gasteiger charge is 2.28. The monoisotopic (exact) mass is 161 g/mol. The van der Waals surface area contributed by atoms with Gasteiger partial charge in [-0.15, -0.1) is 0 Å². The number of hydrogen-bond acceptors (Lipinski definition) is 2. The van der Waals surface area contributed by atoms with Crippen LogP contribution < -0.4 is 5.32 Å². The molecule has 3 atom stereocenters. The van der Waals surface area contributed by atoms with Gasteiger partial charge in [-0.1, -0.05) is 0 Å². The number of likely N-dealkylation sites (N-methyl/N-ethyl adjacent to an activating group) is 1. The third kappa shape index (κ3) is 2.14. The molecule has 3 heteroatoms. The quantitative estimate of drug-likeness (QED) is 0.655. The summed E-state index contributed by atoms with van der Waals surface area (Å²) >= 11 is 0. The second kappa shape index (κ2) is 4.02. The molecule has 1 saturated carbocycles. The summed E-state index contributed by atoms with van der Waals surface area (Å²) in [5.41, 5.74) is 0. The fourth-order valence-corrected chi connectivity index (χ4v) is 1.68. The maximum atomic E-state index is 12.8. The molecule has 2 nitrogen and oxygen atoms in total. The Kier molecular flexibility index (Phi) is 3.27. The lowest BCUT2D eigenvalue weighted by molar-refractivity contribution is 0.0224. The van der Waals surface area contributed by atoms with Crippen LogP contribution in [0, 0.1) is 0 Å². The van der Waals surface area contributed by atoms with Gasteiger partial charge in [0.25, 0.3) is 0 Å². The Labute approximate surface area is 67.1 Å². The Balaban J connectivity index is 2.41. The van der Waals surface area contributed by atoms with Crippen molar-refractivity contribution in [3.05, 3.63) is 0 Å². The minimum absolute atomic E-state index is 0.198. The number of ether oxygens (including phenoxy) is 1. The smallest absolute Gasteiger partial charge is 0.102 e. The van der Waals surface area contributed by atoms with Crippen LogP contribution in [0.2, 0.25) is 0 Å². The lowest BCUT2D eigenvalue weighted by atomic mass is 9.91. The maximum Gasteiger partial charge on any atom is 0.102 e. The van der Waals surface area contributed by atoms with E-state index in [4.69, 9.17) is 4.74 Å². The number of alkyl halides is 1. The van der Waals surface area contributed by atoms with Crippen molar-refractivity contribution < 1.29 is 9.13 Å². The fraction of sp³-hybridized carbons (Fsp3) is 1.00. The molecule has 0 aromatic heterocycles. The van der Waals surface area contributed by atoms with Crippen LogP contribution in [0.5, 0.6) is 0 Å². The van der Waals surface area contributed by atoms with Crippen LogP contribution in [0.4, 0.5) is 4.39 Å². The number of nitrogens with one attached hydrogen (secondary N) is 1. The van der Waals surface area contributed by atoms with Crippen LogP contribution in [0.3, 0.4) is 0 Å². The third-order valence-corrected chi connectivity index (χ3v) is 2.40. The Hall–Kier alpha value is -0.150. The molecule has 0 bridgehead atoms. The number of hydrogen-bond donors (Lipinski definition) is 1. The zero-order chi connectivity index (χ0) is 8.27. The van der Waals surface area contributed by atoms with Gasteiger partial charge in [-0.05, 0) is 26.3 Å². The number of halogens is 1. The van der Waals surface area contributed by atoms with Gasteiger partial charge < -0.3 is 10.1 Å². The van der Waals surface area contributed by atoms with Crippen molar-refractivity contribution in [2.75, 3.05) is 14.2 Å². The van der Waals surface area contributed by atoms with Gasteiger partial charge in [0.1, 0.15) is 6.17 Å². The van der Waals surface area contributed by atoms with E-state index in [0.29, 0.717) is 12.8 Å². The maximum absolute atomic E-state index is 12.8. The minimum atomic E-state index is -0.640. The van der Waals surface area contributed by atoms with Crippen molar-refractivity contribution in [2.24, 2.45) is 0 Å². The van der Waals surface area contributed by atoms with Crippen LogP contribution in [-0.4, -0.2) is 32.5 Å². The first-order valence-electron chi connectivity index (χ1n) is 4.12. The fourth-order valence-electron chi connectivity index (χ4n) is 1.68. The predicted octanol–water partition coefficient (Wildman–Crippen LogP) is 1.11. The molecule has 1 aliphatic rings. The molecule has 0 aliphatic heterocycles. The molecular weight excluding hydrogens is 145 g/mol. The summed E-state index contributed by atoms with van der Waals surface area (Å²) in [6.45, 7) is 0. The Bertz CT molecular complexity index is 121. The minimum Gasteiger partial charge on any atom is -0.380 e. The van der Waals surface area contributed by atoms with Crippen LogP contribution in [0.15, 0.2) is 0 Å². The molecule has 0 heterocycles. The summed E-state index contributed by atoms with van der Waals surface area (Å²) in [4.78, 5) is 0. The molecule has 0 saturated heterocycles. The van der Waals surface area contributed by atoms with Crippen LogP contribution in [-0.2, 0) is 4.74 Å². The SMILES string of the molecule is CNC1CC(F)CCC1OC. The van der Waals surface area contributed by atoms with Crippen molar-refractivity contribution in [2.45, 2.75) is 37.6 Å². The van der Waals surface area contributed by atoms with E-state index in [1.165, 1.54) is 0 Å². The van der Waals surface area contributed by atoms with Crippen LogP contribution in [0.25, 0.3) is 0 Å². The molecule has 1 aliphatic carbocycles. The van der Waals surface area contributed by atoms with Gasteiger partial charge in [-0.2, -0.15) is 0 Å². The molecule has 0 aromatic carbocycles. The van der Waals surface area contributed by atoms with Gasteiger partial charge in [0, 0.05) is 13.2 Å². The molecule has 0 amide bonds. The van der Waals surface area contributed by atoms with Crippen LogP contribution >= 0.6 is 0 Å². The summed E-state index contributed by atoms with van der Waals surface area (Å²) < 4.78 is 18.0. The van der Waals surface area contributed by atoms with Crippen molar-refractivity contribution in [1.29, 1.82) is 0 Å². The number of methoxy groups -OCH3 is 1. The van der Waals surface area contributed by atoms with Gasteiger partial charge in [0.05, 0.1) is 6.10 Å². The zero-order valence-corrected chi connectivity index (χ0v) is 7.14. The van der Waals surface area contributed by atoms with Gasteiger partial charge in [0.15, 0.2) is 0 Å². The van der Waals surface area contributed by atoms with E-state index in [0.717, 1.165) is 6.42 Å². The molecule has 11 heavy (non-hydrogen) atoms. The molecule has 0 radical (unpaired) electrons. The molecule has 0 spiro atoms. The summed E-state index contributed by atoms with van der Waals surface area (Å²) in [6, 6.07) is 0.198. The Morgan fingerprint density at radius 3 is 2.73 bits per heavy atom. The van der Waals surface area contributed by atoms with E-state index in [1.807, 2.05) is 7.05 Å². The molecule has 1 N–H and O–H groups in total. The lowest BCUT2D eigenvalue weighted by Crippen LogP contribution is -2.44. The zero-order valence-electron chi connectivity index (χ0n) is 7.14.